The summed E-state index contributed by atoms with van der Waals surface area (Å²) in [6.07, 6.45) is 0. The van der Waals surface area contributed by atoms with Crippen LogP contribution in [0.25, 0.3) is 0 Å². The van der Waals surface area contributed by atoms with E-state index in [9.17, 15) is 4.79 Å². The number of carbonyl (C=O) groups excluding carboxylic acids is 1. The standard InChI is InChI=1S/C25H26N2O3/c1-3-27(4-2)21-13-11-20(12-14-21)26-24(25(28)18-8-6-5-7-9-18)19-10-15-22-23(16-19)30-17-29-22/h5-16,24,26H,3-4,17H2,1-2H3. The molecule has 1 heterocycles. The molecule has 5 nitrogen and oxygen atoms in total. The third-order valence-corrected chi connectivity index (χ3v) is 5.36. The number of nitrogens with zero attached hydrogens (tertiary/aromatic N) is 1. The first-order chi connectivity index (χ1) is 14.7. The number of ether oxygens (including phenoxy) is 2. The quantitative estimate of drug-likeness (QED) is 0.518. The molecule has 3 aromatic carbocycles. The minimum absolute atomic E-state index is 0.00212. The topological polar surface area (TPSA) is 50.8 Å². The van der Waals surface area contributed by atoms with Gasteiger partial charge in [0, 0.05) is 30.0 Å². The van der Waals surface area contributed by atoms with Crippen molar-refractivity contribution in [3.63, 3.8) is 0 Å². The third-order valence-electron chi connectivity index (χ3n) is 5.36. The second-order valence-corrected chi connectivity index (χ2v) is 7.14. The summed E-state index contributed by atoms with van der Waals surface area (Å²) in [5.41, 5.74) is 3.55. The van der Waals surface area contributed by atoms with Gasteiger partial charge >= 0.3 is 0 Å². The average molecular weight is 402 g/mol. The fraction of sp³-hybridized carbons (Fsp3) is 0.240. The van der Waals surface area contributed by atoms with Gasteiger partial charge in [0.15, 0.2) is 17.3 Å². The van der Waals surface area contributed by atoms with Crippen molar-refractivity contribution in [2.75, 3.05) is 30.1 Å². The first-order valence-corrected chi connectivity index (χ1v) is 10.3. The van der Waals surface area contributed by atoms with Gasteiger partial charge in [-0.25, -0.2) is 0 Å². The molecule has 5 heteroatoms. The summed E-state index contributed by atoms with van der Waals surface area (Å²) in [6.45, 7) is 6.40. The first-order valence-electron chi connectivity index (χ1n) is 10.3. The first kappa shape index (κ1) is 19.8. The number of nitrogens with one attached hydrogen (secondary N) is 1. The molecule has 0 aromatic heterocycles. The molecular weight excluding hydrogens is 376 g/mol. The molecule has 0 amide bonds. The Morgan fingerprint density at radius 3 is 2.33 bits per heavy atom. The van der Waals surface area contributed by atoms with E-state index in [2.05, 4.69) is 36.2 Å². The van der Waals surface area contributed by atoms with Crippen molar-refractivity contribution < 1.29 is 14.3 Å². The van der Waals surface area contributed by atoms with Gasteiger partial charge in [0.05, 0.1) is 0 Å². The Morgan fingerprint density at radius 1 is 0.933 bits per heavy atom. The van der Waals surface area contributed by atoms with E-state index in [-0.39, 0.29) is 12.6 Å². The van der Waals surface area contributed by atoms with Crippen molar-refractivity contribution in [1.29, 1.82) is 0 Å². The zero-order valence-electron chi connectivity index (χ0n) is 17.3. The fourth-order valence-corrected chi connectivity index (χ4v) is 3.69. The van der Waals surface area contributed by atoms with Gasteiger partial charge in [-0.2, -0.15) is 0 Å². The van der Waals surface area contributed by atoms with Crippen LogP contribution in [0.3, 0.4) is 0 Å². The van der Waals surface area contributed by atoms with Gasteiger partial charge in [0.25, 0.3) is 0 Å². The average Bonchev–Trinajstić information content (AvgIpc) is 3.27. The molecule has 0 spiro atoms. The van der Waals surface area contributed by atoms with Crippen molar-refractivity contribution in [2.45, 2.75) is 19.9 Å². The van der Waals surface area contributed by atoms with Gasteiger partial charge in [0.1, 0.15) is 6.04 Å². The molecule has 154 valence electrons. The summed E-state index contributed by atoms with van der Waals surface area (Å²) < 4.78 is 10.9. The van der Waals surface area contributed by atoms with E-state index in [0.717, 1.165) is 24.3 Å². The number of carbonyl (C=O) groups is 1. The summed E-state index contributed by atoms with van der Waals surface area (Å²) in [5.74, 6) is 1.37. The molecule has 1 atom stereocenters. The number of fused-ring (bicyclic) bond motifs is 1. The van der Waals surface area contributed by atoms with Gasteiger partial charge in [-0.15, -0.1) is 0 Å². The Bertz CT molecular complexity index is 999. The molecule has 0 bridgehead atoms. The molecule has 0 fully saturated rings. The molecule has 0 radical (unpaired) electrons. The molecule has 1 aliphatic rings. The summed E-state index contributed by atoms with van der Waals surface area (Å²) in [4.78, 5) is 15.7. The van der Waals surface area contributed by atoms with Gasteiger partial charge in [-0.05, 0) is 55.8 Å². The highest BCUT2D eigenvalue weighted by molar-refractivity contribution is 6.02. The Hall–Kier alpha value is -3.47. The zero-order chi connectivity index (χ0) is 20.9. The highest BCUT2D eigenvalue weighted by atomic mass is 16.7. The maximum Gasteiger partial charge on any atom is 0.231 e. The number of benzene rings is 3. The van der Waals surface area contributed by atoms with E-state index in [1.165, 1.54) is 5.69 Å². The number of ketones is 1. The zero-order valence-corrected chi connectivity index (χ0v) is 17.3. The highest BCUT2D eigenvalue weighted by Gasteiger charge is 2.25. The van der Waals surface area contributed by atoms with Crippen LogP contribution in [-0.2, 0) is 0 Å². The largest absolute Gasteiger partial charge is 0.454 e. The number of hydrogen-bond acceptors (Lipinski definition) is 5. The molecule has 0 aliphatic carbocycles. The van der Waals surface area contributed by atoms with Crippen molar-refractivity contribution in [3.8, 4) is 11.5 Å². The van der Waals surface area contributed by atoms with Crippen molar-refractivity contribution in [2.24, 2.45) is 0 Å². The summed E-state index contributed by atoms with van der Waals surface area (Å²) in [7, 11) is 0. The van der Waals surface area contributed by atoms with Crippen LogP contribution in [0.15, 0.2) is 72.8 Å². The van der Waals surface area contributed by atoms with Crippen LogP contribution in [0.4, 0.5) is 11.4 Å². The monoisotopic (exact) mass is 402 g/mol. The van der Waals surface area contributed by atoms with Crippen molar-refractivity contribution in [3.05, 3.63) is 83.9 Å². The minimum Gasteiger partial charge on any atom is -0.454 e. The summed E-state index contributed by atoms with van der Waals surface area (Å²) >= 11 is 0. The molecule has 0 saturated heterocycles. The SMILES string of the molecule is CCN(CC)c1ccc(NC(C(=O)c2ccccc2)c2ccc3c(c2)OCO3)cc1. The fourth-order valence-electron chi connectivity index (χ4n) is 3.69. The van der Waals surface area contributed by atoms with E-state index in [1.54, 1.807) is 0 Å². The van der Waals surface area contributed by atoms with Gasteiger partial charge in [0.2, 0.25) is 6.79 Å². The molecular formula is C25H26N2O3. The predicted octanol–water partition coefficient (Wildman–Crippen LogP) is 5.30. The molecule has 30 heavy (non-hydrogen) atoms. The number of Topliss-reactive ketones (excluding diaryl/α,β-unsaturated/α-hetero) is 1. The van der Waals surface area contributed by atoms with Crippen LogP contribution in [0.5, 0.6) is 11.5 Å². The molecule has 1 unspecified atom stereocenters. The Morgan fingerprint density at radius 2 is 1.63 bits per heavy atom. The van der Waals surface area contributed by atoms with E-state index < -0.39 is 6.04 Å². The number of anilines is 2. The van der Waals surface area contributed by atoms with E-state index in [0.29, 0.717) is 17.1 Å². The smallest absolute Gasteiger partial charge is 0.231 e. The number of rotatable bonds is 8. The van der Waals surface area contributed by atoms with Crippen LogP contribution < -0.4 is 19.7 Å². The Labute approximate surface area is 177 Å². The lowest BCUT2D eigenvalue weighted by molar-refractivity contribution is 0.0969. The predicted molar refractivity (Wildman–Crippen MR) is 120 cm³/mol. The Balaban J connectivity index is 1.64. The van der Waals surface area contributed by atoms with E-state index in [1.807, 2.05) is 60.7 Å². The lowest BCUT2D eigenvalue weighted by Gasteiger charge is -2.23. The van der Waals surface area contributed by atoms with Crippen LogP contribution in [0, 0.1) is 0 Å². The van der Waals surface area contributed by atoms with Gasteiger partial charge in [-0.3, -0.25) is 4.79 Å². The molecule has 1 aliphatic heterocycles. The van der Waals surface area contributed by atoms with Crippen LogP contribution in [0.1, 0.15) is 35.8 Å². The van der Waals surface area contributed by atoms with E-state index >= 15 is 0 Å². The van der Waals surface area contributed by atoms with Crippen LogP contribution in [0.2, 0.25) is 0 Å². The number of hydrogen-bond donors (Lipinski definition) is 1. The van der Waals surface area contributed by atoms with Crippen molar-refractivity contribution in [1.82, 2.24) is 0 Å². The van der Waals surface area contributed by atoms with Crippen LogP contribution >= 0.6 is 0 Å². The second-order valence-electron chi connectivity index (χ2n) is 7.14. The highest BCUT2D eigenvalue weighted by Crippen LogP contribution is 2.36. The summed E-state index contributed by atoms with van der Waals surface area (Å²) in [6, 6.07) is 22.7. The molecule has 0 saturated carbocycles. The molecule has 1 N–H and O–H groups in total. The molecule has 3 aromatic rings. The molecule has 4 rings (SSSR count). The lowest BCUT2D eigenvalue weighted by atomic mass is 9.96. The summed E-state index contributed by atoms with van der Waals surface area (Å²) in [5, 5.41) is 3.42. The van der Waals surface area contributed by atoms with Crippen molar-refractivity contribution >= 4 is 17.2 Å². The third kappa shape index (κ3) is 4.10. The van der Waals surface area contributed by atoms with E-state index in [4.69, 9.17) is 9.47 Å². The maximum atomic E-state index is 13.4. The normalized spacial score (nSPS) is 13.0. The second kappa shape index (κ2) is 8.91. The van der Waals surface area contributed by atoms with Crippen LogP contribution in [-0.4, -0.2) is 25.7 Å². The Kier molecular flexibility index (Phi) is 5.89. The lowest BCUT2D eigenvalue weighted by Crippen LogP contribution is -2.22. The minimum atomic E-state index is -0.541. The van der Waals surface area contributed by atoms with Gasteiger partial charge < -0.3 is 19.7 Å². The van der Waals surface area contributed by atoms with Gasteiger partial charge in [-0.1, -0.05) is 36.4 Å². The maximum absolute atomic E-state index is 13.4.